The largest absolute Gasteiger partial charge is 0.248 e. The molecule has 0 saturated carbocycles. The number of pyridine rings is 1. The Morgan fingerprint density at radius 1 is 0.800 bits per heavy atom. The van der Waals surface area contributed by atoms with Gasteiger partial charge < -0.3 is 0 Å². The number of benzene rings is 2. The molecular weight excluding hydrogens is 289 g/mol. The van der Waals surface area contributed by atoms with Crippen LogP contribution in [0, 0.1) is 0 Å². The Hall–Kier alpha value is -1.83. The van der Waals surface area contributed by atoms with Crippen LogP contribution in [0.4, 0.5) is 0 Å². The number of fused-ring (bicyclic) bond motifs is 1. The van der Waals surface area contributed by atoms with E-state index < -0.39 is 0 Å². The fraction of sp³-hybridized carbons (Fsp3) is 0. The molecule has 20 heavy (non-hydrogen) atoms. The molecule has 0 amide bonds. The van der Waals surface area contributed by atoms with E-state index in [9.17, 15) is 0 Å². The predicted octanol–water partition coefficient (Wildman–Crippen LogP) is 5.71. The molecule has 1 heterocycles. The first-order chi connectivity index (χ1) is 9.72. The number of hydrogen-bond donors (Lipinski definition) is 0. The number of halogens is 2. The van der Waals surface area contributed by atoms with Gasteiger partial charge in [-0.25, -0.2) is 4.98 Å². The lowest BCUT2D eigenvalue weighted by atomic mass is 10.1. The summed E-state index contributed by atoms with van der Waals surface area (Å²) in [6.07, 6.45) is 4.02. The molecule has 2 aromatic carbocycles. The highest BCUT2D eigenvalue weighted by Crippen LogP contribution is 2.27. The molecule has 0 aliphatic rings. The van der Waals surface area contributed by atoms with E-state index in [0.29, 0.717) is 10.0 Å². The Kier molecular flexibility index (Phi) is 3.72. The first-order valence-electron chi connectivity index (χ1n) is 6.21. The second-order valence-corrected chi connectivity index (χ2v) is 5.25. The maximum absolute atomic E-state index is 6.02. The highest BCUT2D eigenvalue weighted by atomic mass is 35.5. The van der Waals surface area contributed by atoms with Crippen LogP contribution in [-0.4, -0.2) is 4.98 Å². The minimum atomic E-state index is 0.524. The van der Waals surface area contributed by atoms with E-state index in [1.165, 1.54) is 0 Å². The topological polar surface area (TPSA) is 12.9 Å². The molecule has 98 valence electrons. The van der Waals surface area contributed by atoms with Crippen molar-refractivity contribution in [2.24, 2.45) is 0 Å². The van der Waals surface area contributed by atoms with Gasteiger partial charge in [-0.15, -0.1) is 0 Å². The fourth-order valence-corrected chi connectivity index (χ4v) is 2.30. The number of rotatable bonds is 2. The molecule has 0 bridgehead atoms. The fourth-order valence-electron chi connectivity index (χ4n) is 1.97. The first kappa shape index (κ1) is 13.2. The van der Waals surface area contributed by atoms with E-state index >= 15 is 0 Å². The van der Waals surface area contributed by atoms with Crippen LogP contribution in [0.15, 0.2) is 54.6 Å². The van der Waals surface area contributed by atoms with Crippen LogP contribution in [0.5, 0.6) is 0 Å². The van der Waals surface area contributed by atoms with Crippen molar-refractivity contribution in [1.82, 2.24) is 4.98 Å². The van der Waals surface area contributed by atoms with Crippen molar-refractivity contribution in [3.8, 4) is 0 Å². The lowest BCUT2D eigenvalue weighted by Crippen LogP contribution is -1.84. The molecular formula is C17H11Cl2N. The summed E-state index contributed by atoms with van der Waals surface area (Å²) in [6.45, 7) is 0. The van der Waals surface area contributed by atoms with E-state index in [1.807, 2.05) is 60.7 Å². The summed E-state index contributed by atoms with van der Waals surface area (Å²) in [4.78, 5) is 4.56. The van der Waals surface area contributed by atoms with Gasteiger partial charge in [0.2, 0.25) is 0 Å². The summed E-state index contributed by atoms with van der Waals surface area (Å²) in [5.74, 6) is 0. The van der Waals surface area contributed by atoms with E-state index in [4.69, 9.17) is 23.2 Å². The van der Waals surface area contributed by atoms with Gasteiger partial charge in [0.05, 0.1) is 21.3 Å². The quantitative estimate of drug-likeness (QED) is 0.590. The molecule has 0 radical (unpaired) electrons. The van der Waals surface area contributed by atoms with Gasteiger partial charge in [0.25, 0.3) is 0 Å². The van der Waals surface area contributed by atoms with Gasteiger partial charge in [0, 0.05) is 5.39 Å². The van der Waals surface area contributed by atoms with E-state index in [-0.39, 0.29) is 0 Å². The molecule has 0 spiro atoms. The summed E-state index contributed by atoms with van der Waals surface area (Å²) >= 11 is 12.0. The van der Waals surface area contributed by atoms with Crippen LogP contribution in [0.1, 0.15) is 11.3 Å². The lowest BCUT2D eigenvalue weighted by Gasteiger charge is -2.02. The molecule has 0 saturated heterocycles. The zero-order chi connectivity index (χ0) is 13.9. The maximum atomic E-state index is 6.02. The van der Waals surface area contributed by atoms with Crippen molar-refractivity contribution in [2.45, 2.75) is 0 Å². The summed E-state index contributed by atoms with van der Waals surface area (Å²) in [6, 6.07) is 17.7. The second-order valence-electron chi connectivity index (χ2n) is 4.44. The molecule has 1 aromatic heterocycles. The van der Waals surface area contributed by atoms with Gasteiger partial charge in [-0.2, -0.15) is 0 Å². The zero-order valence-corrected chi connectivity index (χ0v) is 12.1. The van der Waals surface area contributed by atoms with Crippen molar-refractivity contribution in [3.63, 3.8) is 0 Å². The van der Waals surface area contributed by atoms with Gasteiger partial charge in [0.15, 0.2) is 0 Å². The van der Waals surface area contributed by atoms with Gasteiger partial charge in [-0.05, 0) is 29.8 Å². The maximum Gasteiger partial charge on any atom is 0.0725 e. The third-order valence-corrected chi connectivity index (χ3v) is 3.72. The lowest BCUT2D eigenvalue weighted by molar-refractivity contribution is 1.37. The van der Waals surface area contributed by atoms with E-state index in [1.54, 1.807) is 6.07 Å². The van der Waals surface area contributed by atoms with Crippen LogP contribution in [0.2, 0.25) is 10.0 Å². The number of aromatic nitrogens is 1. The van der Waals surface area contributed by atoms with Crippen molar-refractivity contribution >= 4 is 46.3 Å². The highest BCUT2D eigenvalue weighted by molar-refractivity contribution is 6.42. The van der Waals surface area contributed by atoms with Gasteiger partial charge in [-0.3, -0.25) is 0 Å². The van der Waals surface area contributed by atoms with Crippen LogP contribution in [-0.2, 0) is 0 Å². The molecule has 3 heteroatoms. The predicted molar refractivity (Wildman–Crippen MR) is 87.1 cm³/mol. The summed E-state index contributed by atoms with van der Waals surface area (Å²) < 4.78 is 0. The molecule has 0 aliphatic heterocycles. The minimum absolute atomic E-state index is 0.524. The summed E-state index contributed by atoms with van der Waals surface area (Å²) in [7, 11) is 0. The number of hydrogen-bond acceptors (Lipinski definition) is 1. The molecule has 1 nitrogen and oxygen atoms in total. The van der Waals surface area contributed by atoms with Crippen LogP contribution in [0.3, 0.4) is 0 Å². The molecule has 3 rings (SSSR count). The SMILES string of the molecule is Clc1cc2ccc(/C=C/c3ccccc3)nc2cc1Cl. The van der Waals surface area contributed by atoms with E-state index in [0.717, 1.165) is 22.2 Å². The van der Waals surface area contributed by atoms with Crippen LogP contribution >= 0.6 is 23.2 Å². The standard InChI is InChI=1S/C17H11Cl2N/c18-15-10-13-7-9-14(20-17(13)11-16(15)19)8-6-12-4-2-1-3-5-12/h1-11H/b8-6+. The third kappa shape index (κ3) is 2.84. The Bertz CT molecular complexity index is 780. The smallest absolute Gasteiger partial charge is 0.0725 e. The summed E-state index contributed by atoms with van der Waals surface area (Å²) in [5.41, 5.74) is 2.87. The van der Waals surface area contributed by atoms with Crippen molar-refractivity contribution < 1.29 is 0 Å². The third-order valence-electron chi connectivity index (χ3n) is 3.00. The van der Waals surface area contributed by atoms with Crippen molar-refractivity contribution in [1.29, 1.82) is 0 Å². The van der Waals surface area contributed by atoms with Crippen LogP contribution in [0.25, 0.3) is 23.1 Å². The van der Waals surface area contributed by atoms with Gasteiger partial charge in [-0.1, -0.05) is 65.7 Å². The second kappa shape index (κ2) is 5.66. The highest BCUT2D eigenvalue weighted by Gasteiger charge is 2.02. The van der Waals surface area contributed by atoms with Crippen molar-refractivity contribution in [3.05, 3.63) is 75.9 Å². The molecule has 0 atom stereocenters. The number of nitrogens with zero attached hydrogens (tertiary/aromatic N) is 1. The molecule has 0 fully saturated rings. The van der Waals surface area contributed by atoms with Crippen molar-refractivity contribution in [2.75, 3.05) is 0 Å². The summed E-state index contributed by atoms with van der Waals surface area (Å²) in [5, 5.41) is 2.06. The average Bonchev–Trinajstić information content (AvgIpc) is 2.47. The Labute approximate surface area is 127 Å². The Morgan fingerprint density at radius 2 is 1.55 bits per heavy atom. The zero-order valence-electron chi connectivity index (χ0n) is 10.6. The monoisotopic (exact) mass is 299 g/mol. The normalized spacial score (nSPS) is 11.3. The molecule has 0 unspecified atom stereocenters. The first-order valence-corrected chi connectivity index (χ1v) is 6.97. The van der Waals surface area contributed by atoms with Crippen LogP contribution < -0.4 is 0 Å². The molecule has 0 N–H and O–H groups in total. The van der Waals surface area contributed by atoms with E-state index in [2.05, 4.69) is 4.98 Å². The van der Waals surface area contributed by atoms with Gasteiger partial charge >= 0.3 is 0 Å². The Morgan fingerprint density at radius 3 is 2.35 bits per heavy atom. The molecule has 0 aliphatic carbocycles. The average molecular weight is 300 g/mol. The van der Waals surface area contributed by atoms with Gasteiger partial charge in [0.1, 0.15) is 0 Å². The Balaban J connectivity index is 1.97. The minimum Gasteiger partial charge on any atom is -0.248 e. The molecule has 3 aromatic rings.